The van der Waals surface area contributed by atoms with E-state index in [4.69, 9.17) is 5.26 Å². The van der Waals surface area contributed by atoms with Crippen LogP contribution in [0.5, 0.6) is 0 Å². The summed E-state index contributed by atoms with van der Waals surface area (Å²) in [6, 6.07) is 3.17. The molecule has 0 spiro atoms. The van der Waals surface area contributed by atoms with Crippen molar-refractivity contribution in [2.45, 2.75) is 39.7 Å². The lowest BCUT2D eigenvalue weighted by Crippen LogP contribution is -2.30. The van der Waals surface area contributed by atoms with Crippen LogP contribution in [-0.2, 0) is 0 Å². The highest BCUT2D eigenvalue weighted by molar-refractivity contribution is 5.07. The van der Waals surface area contributed by atoms with E-state index >= 15 is 0 Å². The molecule has 0 amide bonds. The smallest absolute Gasteiger partial charge is 0.0687 e. The molecule has 1 aliphatic heterocycles. The average Bonchev–Trinajstić information content (AvgIpc) is 2.59. The largest absolute Gasteiger partial charge is 0.300 e. The van der Waals surface area contributed by atoms with E-state index in [-0.39, 0.29) is 5.41 Å². The van der Waals surface area contributed by atoms with Gasteiger partial charge in [0.25, 0.3) is 0 Å². The Bertz CT molecular complexity index is 250. The highest BCUT2D eigenvalue weighted by Crippen LogP contribution is 2.48. The van der Waals surface area contributed by atoms with Crippen molar-refractivity contribution in [1.29, 1.82) is 5.26 Å². The van der Waals surface area contributed by atoms with E-state index in [1.807, 2.05) is 0 Å². The fourth-order valence-corrected chi connectivity index (χ4v) is 3.19. The molecular formula is C12H20N2. The summed E-state index contributed by atoms with van der Waals surface area (Å²) in [4.78, 5) is 2.56. The third-order valence-corrected chi connectivity index (χ3v) is 4.03. The van der Waals surface area contributed by atoms with Gasteiger partial charge in [0.05, 0.1) is 11.5 Å². The molecule has 1 unspecified atom stereocenters. The van der Waals surface area contributed by atoms with Crippen molar-refractivity contribution in [1.82, 2.24) is 4.90 Å². The van der Waals surface area contributed by atoms with Crippen LogP contribution in [0.1, 0.15) is 33.6 Å². The Hall–Kier alpha value is -0.550. The van der Waals surface area contributed by atoms with E-state index in [2.05, 4.69) is 31.7 Å². The first-order valence-corrected chi connectivity index (χ1v) is 5.69. The summed E-state index contributed by atoms with van der Waals surface area (Å²) >= 11 is 0. The molecule has 0 aromatic heterocycles. The topological polar surface area (TPSA) is 27.0 Å². The van der Waals surface area contributed by atoms with Crippen molar-refractivity contribution in [2.75, 3.05) is 13.1 Å². The molecule has 2 fully saturated rings. The van der Waals surface area contributed by atoms with Crippen LogP contribution in [-0.4, -0.2) is 24.0 Å². The number of hydrogen-bond donors (Lipinski definition) is 0. The fourth-order valence-electron chi connectivity index (χ4n) is 3.19. The van der Waals surface area contributed by atoms with Crippen molar-refractivity contribution < 1.29 is 0 Å². The highest BCUT2D eigenvalue weighted by Gasteiger charge is 2.47. The second-order valence-corrected chi connectivity index (χ2v) is 5.65. The summed E-state index contributed by atoms with van der Waals surface area (Å²) in [6.07, 6.45) is 2.24. The van der Waals surface area contributed by atoms with E-state index in [0.29, 0.717) is 6.04 Å². The van der Waals surface area contributed by atoms with E-state index in [0.717, 1.165) is 24.7 Å². The van der Waals surface area contributed by atoms with Gasteiger partial charge in [0.1, 0.15) is 0 Å². The zero-order valence-corrected chi connectivity index (χ0v) is 9.45. The van der Waals surface area contributed by atoms with Gasteiger partial charge in [0, 0.05) is 19.1 Å². The standard InChI is InChI=1S/C12H20N2/c1-9(2)14-6-10-4-12(3,8-13)5-11(10)7-14/h9-11H,4-7H2,1-3H3/t10-,11+,12?. The lowest BCUT2D eigenvalue weighted by Gasteiger charge is -2.23. The third-order valence-electron chi connectivity index (χ3n) is 4.03. The monoisotopic (exact) mass is 192 g/mol. The van der Waals surface area contributed by atoms with E-state index in [1.165, 1.54) is 13.1 Å². The first kappa shape index (κ1) is 9.98. The van der Waals surface area contributed by atoms with Gasteiger partial charge in [-0.3, -0.25) is 0 Å². The van der Waals surface area contributed by atoms with Gasteiger partial charge in [0.15, 0.2) is 0 Å². The lowest BCUT2D eigenvalue weighted by atomic mass is 9.89. The third kappa shape index (κ3) is 1.54. The maximum Gasteiger partial charge on any atom is 0.0687 e. The van der Waals surface area contributed by atoms with Gasteiger partial charge in [-0.1, -0.05) is 0 Å². The molecular weight excluding hydrogens is 172 g/mol. The van der Waals surface area contributed by atoms with E-state index in [1.54, 1.807) is 0 Å². The minimum absolute atomic E-state index is 0.0155. The zero-order valence-electron chi connectivity index (χ0n) is 9.45. The Morgan fingerprint density at radius 3 is 2.14 bits per heavy atom. The molecule has 1 heterocycles. The van der Waals surface area contributed by atoms with Crippen LogP contribution in [0.15, 0.2) is 0 Å². The van der Waals surface area contributed by atoms with Crippen LogP contribution < -0.4 is 0 Å². The number of fused-ring (bicyclic) bond motifs is 1. The van der Waals surface area contributed by atoms with Gasteiger partial charge in [-0.25, -0.2) is 0 Å². The zero-order chi connectivity index (χ0) is 10.3. The van der Waals surface area contributed by atoms with Crippen molar-refractivity contribution in [3.63, 3.8) is 0 Å². The van der Waals surface area contributed by atoms with Gasteiger partial charge in [0.2, 0.25) is 0 Å². The van der Waals surface area contributed by atoms with Crippen molar-refractivity contribution in [3.8, 4) is 6.07 Å². The number of likely N-dealkylation sites (tertiary alicyclic amines) is 1. The van der Waals surface area contributed by atoms with Gasteiger partial charge < -0.3 is 4.90 Å². The Morgan fingerprint density at radius 2 is 1.79 bits per heavy atom. The number of rotatable bonds is 1. The van der Waals surface area contributed by atoms with Crippen LogP contribution in [0.25, 0.3) is 0 Å². The van der Waals surface area contributed by atoms with E-state index in [9.17, 15) is 0 Å². The SMILES string of the molecule is CC(C)N1C[C@@H]2CC(C)(C#N)C[C@@H]2C1. The van der Waals surface area contributed by atoms with E-state index < -0.39 is 0 Å². The quantitative estimate of drug-likeness (QED) is 0.637. The predicted molar refractivity (Wildman–Crippen MR) is 56.6 cm³/mol. The van der Waals surface area contributed by atoms with Crippen LogP contribution in [0.2, 0.25) is 0 Å². The van der Waals surface area contributed by atoms with Crippen LogP contribution in [0, 0.1) is 28.6 Å². The maximum absolute atomic E-state index is 9.09. The Kier molecular flexibility index (Phi) is 2.31. The van der Waals surface area contributed by atoms with Gasteiger partial charge in [-0.15, -0.1) is 0 Å². The molecule has 14 heavy (non-hydrogen) atoms. The summed E-state index contributed by atoms with van der Waals surface area (Å²) in [5, 5.41) is 9.09. The first-order valence-electron chi connectivity index (χ1n) is 5.69. The summed E-state index contributed by atoms with van der Waals surface area (Å²) < 4.78 is 0. The molecule has 3 atom stereocenters. The number of hydrogen-bond acceptors (Lipinski definition) is 2. The average molecular weight is 192 g/mol. The van der Waals surface area contributed by atoms with Crippen molar-refractivity contribution >= 4 is 0 Å². The van der Waals surface area contributed by atoms with Crippen LogP contribution in [0.3, 0.4) is 0 Å². The highest BCUT2D eigenvalue weighted by atomic mass is 15.2. The summed E-state index contributed by atoms with van der Waals surface area (Å²) in [5.74, 6) is 1.59. The number of nitrogens with zero attached hydrogens (tertiary/aromatic N) is 2. The fraction of sp³-hybridized carbons (Fsp3) is 0.917. The Balaban J connectivity index is 2.01. The normalized spacial score (nSPS) is 42.8. The van der Waals surface area contributed by atoms with Crippen molar-refractivity contribution in [2.24, 2.45) is 17.3 Å². The Morgan fingerprint density at radius 1 is 1.29 bits per heavy atom. The van der Waals surface area contributed by atoms with Crippen molar-refractivity contribution in [3.05, 3.63) is 0 Å². The molecule has 2 heteroatoms. The van der Waals surface area contributed by atoms with Gasteiger partial charge in [-0.2, -0.15) is 5.26 Å². The summed E-state index contributed by atoms with van der Waals surface area (Å²) in [7, 11) is 0. The van der Waals surface area contributed by atoms with Crippen LogP contribution >= 0.6 is 0 Å². The predicted octanol–water partition coefficient (Wildman–Crippen LogP) is 2.27. The molecule has 0 N–H and O–H groups in total. The minimum Gasteiger partial charge on any atom is -0.300 e. The van der Waals surface area contributed by atoms with Gasteiger partial charge in [-0.05, 0) is 45.4 Å². The minimum atomic E-state index is -0.0155. The maximum atomic E-state index is 9.09. The molecule has 2 nitrogen and oxygen atoms in total. The first-order chi connectivity index (χ1) is 6.54. The second-order valence-electron chi connectivity index (χ2n) is 5.65. The molecule has 1 aliphatic carbocycles. The summed E-state index contributed by atoms with van der Waals surface area (Å²) in [6.45, 7) is 9.11. The molecule has 0 aromatic rings. The molecule has 1 saturated heterocycles. The molecule has 2 rings (SSSR count). The lowest BCUT2D eigenvalue weighted by molar-refractivity contribution is 0.238. The van der Waals surface area contributed by atoms with Crippen LogP contribution in [0.4, 0.5) is 0 Å². The Labute approximate surface area is 86.9 Å². The molecule has 0 aromatic carbocycles. The summed E-state index contributed by atoms with van der Waals surface area (Å²) in [5.41, 5.74) is -0.0155. The molecule has 2 aliphatic rings. The number of nitriles is 1. The van der Waals surface area contributed by atoms with Gasteiger partial charge >= 0.3 is 0 Å². The second kappa shape index (κ2) is 3.24. The molecule has 0 radical (unpaired) electrons. The molecule has 0 bridgehead atoms. The molecule has 1 saturated carbocycles. The molecule has 78 valence electrons.